The first-order valence-corrected chi connectivity index (χ1v) is 6.17. The molecule has 0 fully saturated rings. The summed E-state index contributed by atoms with van der Waals surface area (Å²) in [5, 5.41) is 11.1. The van der Waals surface area contributed by atoms with Gasteiger partial charge >= 0.3 is 5.97 Å². The predicted molar refractivity (Wildman–Crippen MR) is 69.5 cm³/mol. The minimum absolute atomic E-state index is 0.110. The Morgan fingerprint density at radius 1 is 1.44 bits per heavy atom. The van der Waals surface area contributed by atoms with Gasteiger partial charge in [-0.2, -0.15) is 0 Å². The van der Waals surface area contributed by atoms with Crippen LogP contribution in [0, 0.1) is 0 Å². The van der Waals surface area contributed by atoms with E-state index in [2.05, 4.69) is 21.2 Å². The molecule has 0 aliphatic carbocycles. The first kappa shape index (κ1) is 14.5. The van der Waals surface area contributed by atoms with Gasteiger partial charge < -0.3 is 15.2 Å². The number of nitrogens with one attached hydrogen (secondary N) is 1. The zero-order valence-electron chi connectivity index (χ0n) is 9.85. The van der Waals surface area contributed by atoms with Crippen LogP contribution in [-0.2, 0) is 9.59 Å². The molecular weight excluding hydrogens is 302 g/mol. The Morgan fingerprint density at radius 2 is 2.11 bits per heavy atom. The summed E-state index contributed by atoms with van der Waals surface area (Å²) < 4.78 is 6.06. The molecule has 0 aliphatic rings. The number of carbonyl (C=O) groups is 2. The summed E-state index contributed by atoms with van der Waals surface area (Å²) in [4.78, 5) is 21.9. The highest BCUT2D eigenvalue weighted by molar-refractivity contribution is 9.10. The van der Waals surface area contributed by atoms with Crippen LogP contribution in [0.25, 0.3) is 0 Å². The van der Waals surface area contributed by atoms with Crippen molar-refractivity contribution in [2.75, 3.05) is 6.61 Å². The third-order valence-corrected chi connectivity index (χ3v) is 2.74. The van der Waals surface area contributed by atoms with Crippen LogP contribution in [0.15, 0.2) is 28.7 Å². The van der Waals surface area contributed by atoms with Crippen molar-refractivity contribution < 1.29 is 19.4 Å². The van der Waals surface area contributed by atoms with Crippen molar-refractivity contribution in [3.05, 3.63) is 28.7 Å². The molecule has 6 heteroatoms. The van der Waals surface area contributed by atoms with Crippen LogP contribution in [0.5, 0.6) is 5.75 Å². The molecule has 2 N–H and O–H groups in total. The molecule has 1 atom stereocenters. The van der Waals surface area contributed by atoms with E-state index in [4.69, 9.17) is 9.84 Å². The van der Waals surface area contributed by atoms with Crippen molar-refractivity contribution in [1.29, 1.82) is 0 Å². The maximum absolute atomic E-state index is 11.5. The number of carboxylic acids is 1. The van der Waals surface area contributed by atoms with Crippen molar-refractivity contribution in [3.63, 3.8) is 0 Å². The van der Waals surface area contributed by atoms with E-state index < -0.39 is 12.0 Å². The van der Waals surface area contributed by atoms with Gasteiger partial charge in [0.2, 0.25) is 0 Å². The van der Waals surface area contributed by atoms with Gasteiger partial charge in [0, 0.05) is 6.04 Å². The SMILES string of the molecule is CC(CC(=O)O)NC(=O)COc1ccccc1Br. The van der Waals surface area contributed by atoms with Gasteiger partial charge in [-0.05, 0) is 35.0 Å². The number of carbonyl (C=O) groups excluding carboxylic acids is 1. The first-order valence-electron chi connectivity index (χ1n) is 5.37. The number of halogens is 1. The minimum atomic E-state index is -0.950. The molecule has 1 unspecified atom stereocenters. The number of benzene rings is 1. The lowest BCUT2D eigenvalue weighted by Crippen LogP contribution is -2.37. The van der Waals surface area contributed by atoms with Gasteiger partial charge in [0.25, 0.3) is 5.91 Å². The Morgan fingerprint density at radius 3 is 2.72 bits per heavy atom. The van der Waals surface area contributed by atoms with E-state index in [9.17, 15) is 9.59 Å². The smallest absolute Gasteiger partial charge is 0.305 e. The third kappa shape index (κ3) is 5.18. The van der Waals surface area contributed by atoms with Crippen LogP contribution in [0.3, 0.4) is 0 Å². The fourth-order valence-corrected chi connectivity index (χ4v) is 1.73. The van der Waals surface area contributed by atoms with Crippen LogP contribution < -0.4 is 10.1 Å². The molecule has 0 aliphatic heterocycles. The van der Waals surface area contributed by atoms with Gasteiger partial charge in [-0.3, -0.25) is 9.59 Å². The Balaban J connectivity index is 2.38. The highest BCUT2D eigenvalue weighted by Crippen LogP contribution is 2.23. The van der Waals surface area contributed by atoms with Crippen LogP contribution in [-0.4, -0.2) is 29.6 Å². The molecule has 1 amide bonds. The average molecular weight is 316 g/mol. The molecule has 0 aromatic heterocycles. The number of hydrogen-bond acceptors (Lipinski definition) is 3. The molecule has 0 radical (unpaired) electrons. The number of para-hydroxylation sites is 1. The van der Waals surface area contributed by atoms with E-state index in [1.54, 1.807) is 25.1 Å². The summed E-state index contributed by atoms with van der Waals surface area (Å²) in [5.74, 6) is -0.729. The van der Waals surface area contributed by atoms with E-state index in [1.807, 2.05) is 6.07 Å². The molecule has 0 saturated carbocycles. The molecule has 5 nitrogen and oxygen atoms in total. The Kier molecular flexibility index (Phi) is 5.64. The van der Waals surface area contributed by atoms with Crippen LogP contribution in [0.1, 0.15) is 13.3 Å². The van der Waals surface area contributed by atoms with E-state index in [1.165, 1.54) is 0 Å². The number of hydrogen-bond donors (Lipinski definition) is 2. The van der Waals surface area contributed by atoms with Crippen LogP contribution in [0.4, 0.5) is 0 Å². The highest BCUT2D eigenvalue weighted by atomic mass is 79.9. The van der Waals surface area contributed by atoms with Gasteiger partial charge in [-0.1, -0.05) is 12.1 Å². The topological polar surface area (TPSA) is 75.6 Å². The monoisotopic (exact) mass is 315 g/mol. The van der Waals surface area contributed by atoms with Gasteiger partial charge in [0.05, 0.1) is 10.9 Å². The first-order chi connectivity index (χ1) is 8.49. The van der Waals surface area contributed by atoms with Crippen molar-refractivity contribution in [3.8, 4) is 5.75 Å². The van der Waals surface area contributed by atoms with Crippen LogP contribution >= 0.6 is 15.9 Å². The fourth-order valence-electron chi connectivity index (χ4n) is 1.33. The second-order valence-corrected chi connectivity index (χ2v) is 4.64. The Hall–Kier alpha value is -1.56. The summed E-state index contributed by atoms with van der Waals surface area (Å²) in [5.41, 5.74) is 0. The van der Waals surface area contributed by atoms with Gasteiger partial charge in [-0.25, -0.2) is 0 Å². The molecule has 0 bridgehead atoms. The normalized spacial score (nSPS) is 11.7. The summed E-state index contributed by atoms with van der Waals surface area (Å²) in [6.07, 6.45) is -0.110. The van der Waals surface area contributed by atoms with Crippen LogP contribution in [0.2, 0.25) is 0 Å². The van der Waals surface area contributed by atoms with E-state index in [0.717, 1.165) is 4.47 Å². The Labute approximate surface area is 113 Å². The van der Waals surface area contributed by atoms with E-state index >= 15 is 0 Å². The number of rotatable bonds is 6. The van der Waals surface area contributed by atoms with Gasteiger partial charge in [0.15, 0.2) is 6.61 Å². The molecular formula is C12H14BrNO4. The van der Waals surface area contributed by atoms with E-state index in [-0.39, 0.29) is 18.9 Å². The average Bonchev–Trinajstić information content (AvgIpc) is 2.26. The number of carboxylic acid groups (broad SMARTS) is 1. The summed E-state index contributed by atoms with van der Waals surface area (Å²) in [6, 6.07) is 6.76. The van der Waals surface area contributed by atoms with E-state index in [0.29, 0.717) is 5.75 Å². The zero-order valence-corrected chi connectivity index (χ0v) is 11.4. The third-order valence-electron chi connectivity index (χ3n) is 2.08. The lowest BCUT2D eigenvalue weighted by Gasteiger charge is -2.12. The molecule has 1 aromatic rings. The molecule has 1 rings (SSSR count). The van der Waals surface area contributed by atoms with Gasteiger partial charge in [-0.15, -0.1) is 0 Å². The maximum Gasteiger partial charge on any atom is 0.305 e. The molecule has 0 heterocycles. The second-order valence-electron chi connectivity index (χ2n) is 3.79. The lowest BCUT2D eigenvalue weighted by molar-refractivity contribution is -0.137. The fraction of sp³-hybridized carbons (Fsp3) is 0.333. The largest absolute Gasteiger partial charge is 0.483 e. The standard InChI is InChI=1S/C12H14BrNO4/c1-8(6-12(16)17)14-11(15)7-18-10-5-3-2-4-9(10)13/h2-5,8H,6-7H2,1H3,(H,14,15)(H,16,17). The zero-order chi connectivity index (χ0) is 13.5. The van der Waals surface area contributed by atoms with Crippen molar-refractivity contribution in [2.45, 2.75) is 19.4 Å². The number of amides is 1. The maximum atomic E-state index is 11.5. The quantitative estimate of drug-likeness (QED) is 0.839. The van der Waals surface area contributed by atoms with Gasteiger partial charge in [0.1, 0.15) is 5.75 Å². The Bertz CT molecular complexity index is 436. The van der Waals surface area contributed by atoms with Crippen molar-refractivity contribution >= 4 is 27.8 Å². The van der Waals surface area contributed by atoms with Crippen molar-refractivity contribution in [1.82, 2.24) is 5.32 Å². The number of ether oxygens (including phenoxy) is 1. The molecule has 98 valence electrons. The second kappa shape index (κ2) is 7.00. The molecule has 18 heavy (non-hydrogen) atoms. The highest BCUT2D eigenvalue weighted by Gasteiger charge is 2.11. The number of aliphatic carboxylic acids is 1. The molecule has 0 spiro atoms. The molecule has 1 aromatic carbocycles. The van der Waals surface area contributed by atoms with Crippen molar-refractivity contribution in [2.24, 2.45) is 0 Å². The minimum Gasteiger partial charge on any atom is -0.483 e. The molecule has 0 saturated heterocycles. The predicted octanol–water partition coefficient (Wildman–Crippen LogP) is 1.81. The lowest BCUT2D eigenvalue weighted by atomic mass is 10.2. The summed E-state index contributed by atoms with van der Waals surface area (Å²) >= 11 is 3.30. The summed E-state index contributed by atoms with van der Waals surface area (Å²) in [7, 11) is 0. The summed E-state index contributed by atoms with van der Waals surface area (Å²) in [6.45, 7) is 1.48.